The lowest BCUT2D eigenvalue weighted by atomic mass is 10.0. The van der Waals surface area contributed by atoms with Gasteiger partial charge >= 0.3 is 0 Å². The first-order valence-electron chi connectivity index (χ1n) is 7.62. The van der Waals surface area contributed by atoms with Crippen LogP contribution in [-0.2, 0) is 11.2 Å². The van der Waals surface area contributed by atoms with E-state index in [1.165, 1.54) is 11.1 Å². The SMILES string of the molecule is CCCNC(c1ccc(CCOC)cc1)c1ccc(C)o1. The molecular weight excluding hydrogens is 262 g/mol. The number of ether oxygens (including phenoxy) is 1. The Bertz CT molecular complexity index is 530. The van der Waals surface area contributed by atoms with E-state index in [-0.39, 0.29) is 6.04 Å². The highest BCUT2D eigenvalue weighted by Crippen LogP contribution is 2.24. The fourth-order valence-corrected chi connectivity index (χ4v) is 2.38. The summed E-state index contributed by atoms with van der Waals surface area (Å²) in [7, 11) is 1.73. The molecule has 0 saturated heterocycles. The van der Waals surface area contributed by atoms with E-state index in [0.29, 0.717) is 0 Å². The van der Waals surface area contributed by atoms with E-state index >= 15 is 0 Å². The van der Waals surface area contributed by atoms with Gasteiger partial charge in [-0.3, -0.25) is 0 Å². The summed E-state index contributed by atoms with van der Waals surface area (Å²) in [5.41, 5.74) is 2.53. The quantitative estimate of drug-likeness (QED) is 0.800. The number of furan rings is 1. The highest BCUT2D eigenvalue weighted by Gasteiger charge is 2.16. The standard InChI is InChI=1S/C18H25NO2/c1-4-12-19-18(17-10-5-14(2)21-17)16-8-6-15(7-9-16)11-13-20-3/h5-10,18-19H,4,11-13H2,1-3H3. The van der Waals surface area contributed by atoms with Crippen molar-refractivity contribution in [2.45, 2.75) is 32.7 Å². The zero-order valence-electron chi connectivity index (χ0n) is 13.2. The fraction of sp³-hybridized carbons (Fsp3) is 0.444. The Morgan fingerprint density at radius 2 is 1.90 bits per heavy atom. The molecule has 2 aromatic rings. The minimum atomic E-state index is 0.120. The Morgan fingerprint density at radius 1 is 1.14 bits per heavy atom. The van der Waals surface area contributed by atoms with Gasteiger partial charge in [-0.2, -0.15) is 0 Å². The summed E-state index contributed by atoms with van der Waals surface area (Å²) in [6.07, 6.45) is 2.05. The van der Waals surface area contributed by atoms with Gasteiger partial charge in [0.15, 0.2) is 0 Å². The molecule has 114 valence electrons. The van der Waals surface area contributed by atoms with Crippen LogP contribution in [-0.4, -0.2) is 20.3 Å². The number of hydrogen-bond donors (Lipinski definition) is 1. The van der Waals surface area contributed by atoms with Crippen molar-refractivity contribution in [3.63, 3.8) is 0 Å². The zero-order valence-corrected chi connectivity index (χ0v) is 13.2. The zero-order chi connectivity index (χ0) is 15.1. The summed E-state index contributed by atoms with van der Waals surface area (Å²) in [5.74, 6) is 1.93. The van der Waals surface area contributed by atoms with Gasteiger partial charge in [0.25, 0.3) is 0 Å². The van der Waals surface area contributed by atoms with E-state index in [0.717, 1.165) is 37.5 Å². The molecule has 0 aliphatic carbocycles. The van der Waals surface area contributed by atoms with Gasteiger partial charge in [0.1, 0.15) is 11.5 Å². The molecule has 2 rings (SSSR count). The maximum Gasteiger partial charge on any atom is 0.125 e. The van der Waals surface area contributed by atoms with E-state index in [2.05, 4.69) is 42.6 Å². The average Bonchev–Trinajstić information content (AvgIpc) is 2.93. The molecule has 1 aromatic heterocycles. The van der Waals surface area contributed by atoms with Crippen LogP contribution < -0.4 is 5.32 Å². The first-order chi connectivity index (χ1) is 10.2. The van der Waals surface area contributed by atoms with Crippen molar-refractivity contribution in [2.75, 3.05) is 20.3 Å². The van der Waals surface area contributed by atoms with E-state index in [9.17, 15) is 0 Å². The normalized spacial score (nSPS) is 12.5. The molecule has 0 fully saturated rings. The van der Waals surface area contributed by atoms with Crippen LogP contribution in [0.1, 0.15) is 42.0 Å². The Labute approximate surface area is 127 Å². The van der Waals surface area contributed by atoms with Gasteiger partial charge in [0.2, 0.25) is 0 Å². The van der Waals surface area contributed by atoms with E-state index in [1.54, 1.807) is 7.11 Å². The van der Waals surface area contributed by atoms with Crippen LogP contribution in [0.4, 0.5) is 0 Å². The minimum absolute atomic E-state index is 0.120. The maximum atomic E-state index is 5.81. The molecule has 1 N–H and O–H groups in total. The topological polar surface area (TPSA) is 34.4 Å². The number of aryl methyl sites for hydroxylation is 1. The first-order valence-corrected chi connectivity index (χ1v) is 7.62. The highest BCUT2D eigenvalue weighted by molar-refractivity contribution is 5.30. The summed E-state index contributed by atoms with van der Waals surface area (Å²) in [6.45, 7) is 5.88. The Kier molecular flexibility index (Phi) is 6.03. The van der Waals surface area contributed by atoms with Gasteiger partial charge in [-0.25, -0.2) is 0 Å². The molecule has 0 bridgehead atoms. The van der Waals surface area contributed by atoms with Crippen LogP contribution in [0.5, 0.6) is 0 Å². The Balaban J connectivity index is 2.16. The summed E-state index contributed by atoms with van der Waals surface area (Å²) < 4.78 is 10.9. The van der Waals surface area contributed by atoms with Crippen molar-refractivity contribution in [1.29, 1.82) is 0 Å². The predicted octanol–water partition coefficient (Wildman–Crippen LogP) is 3.87. The van der Waals surface area contributed by atoms with Gasteiger partial charge in [-0.1, -0.05) is 31.2 Å². The number of nitrogens with one attached hydrogen (secondary N) is 1. The van der Waals surface area contributed by atoms with Crippen molar-refractivity contribution >= 4 is 0 Å². The van der Waals surface area contributed by atoms with Crippen LogP contribution in [0.3, 0.4) is 0 Å². The maximum absolute atomic E-state index is 5.81. The number of methoxy groups -OCH3 is 1. The van der Waals surface area contributed by atoms with Gasteiger partial charge in [0, 0.05) is 7.11 Å². The summed E-state index contributed by atoms with van der Waals surface area (Å²) in [4.78, 5) is 0. The van der Waals surface area contributed by atoms with Crippen molar-refractivity contribution in [3.8, 4) is 0 Å². The third-order valence-electron chi connectivity index (χ3n) is 3.55. The van der Waals surface area contributed by atoms with Crippen molar-refractivity contribution in [3.05, 3.63) is 59.0 Å². The Hall–Kier alpha value is -1.58. The van der Waals surface area contributed by atoms with E-state index < -0.39 is 0 Å². The third kappa shape index (κ3) is 4.45. The molecule has 0 radical (unpaired) electrons. The fourth-order valence-electron chi connectivity index (χ4n) is 2.38. The molecule has 21 heavy (non-hydrogen) atoms. The smallest absolute Gasteiger partial charge is 0.125 e. The minimum Gasteiger partial charge on any atom is -0.464 e. The van der Waals surface area contributed by atoms with E-state index in [1.807, 2.05) is 13.0 Å². The van der Waals surface area contributed by atoms with Crippen molar-refractivity contribution in [2.24, 2.45) is 0 Å². The van der Waals surface area contributed by atoms with Crippen LogP contribution in [0.2, 0.25) is 0 Å². The van der Waals surface area contributed by atoms with Gasteiger partial charge < -0.3 is 14.5 Å². The van der Waals surface area contributed by atoms with Gasteiger partial charge in [-0.05, 0) is 49.6 Å². The monoisotopic (exact) mass is 287 g/mol. The second kappa shape index (κ2) is 8.01. The third-order valence-corrected chi connectivity index (χ3v) is 3.55. The van der Waals surface area contributed by atoms with Crippen LogP contribution in [0.15, 0.2) is 40.8 Å². The Morgan fingerprint density at radius 3 is 2.48 bits per heavy atom. The molecule has 3 heteroatoms. The van der Waals surface area contributed by atoms with Crippen molar-refractivity contribution < 1.29 is 9.15 Å². The van der Waals surface area contributed by atoms with Crippen LogP contribution in [0, 0.1) is 6.92 Å². The van der Waals surface area contributed by atoms with E-state index in [4.69, 9.17) is 9.15 Å². The largest absolute Gasteiger partial charge is 0.464 e. The summed E-state index contributed by atoms with van der Waals surface area (Å²) >= 11 is 0. The predicted molar refractivity (Wildman–Crippen MR) is 85.6 cm³/mol. The van der Waals surface area contributed by atoms with Gasteiger partial charge in [0.05, 0.1) is 12.6 Å². The lowest BCUT2D eigenvalue weighted by molar-refractivity contribution is 0.202. The molecule has 1 unspecified atom stereocenters. The first kappa shape index (κ1) is 15.8. The molecule has 0 amide bonds. The molecule has 0 saturated carbocycles. The molecule has 0 aliphatic rings. The highest BCUT2D eigenvalue weighted by atomic mass is 16.5. The van der Waals surface area contributed by atoms with Crippen molar-refractivity contribution in [1.82, 2.24) is 5.32 Å². The average molecular weight is 287 g/mol. The molecular formula is C18H25NO2. The summed E-state index contributed by atoms with van der Waals surface area (Å²) in [6, 6.07) is 12.9. The second-order valence-corrected chi connectivity index (χ2v) is 5.32. The number of rotatable bonds is 8. The number of benzene rings is 1. The molecule has 3 nitrogen and oxygen atoms in total. The van der Waals surface area contributed by atoms with Crippen LogP contribution in [0.25, 0.3) is 0 Å². The molecule has 0 spiro atoms. The van der Waals surface area contributed by atoms with Crippen LogP contribution >= 0.6 is 0 Å². The molecule has 0 aliphatic heterocycles. The summed E-state index contributed by atoms with van der Waals surface area (Å²) in [5, 5.41) is 3.56. The lowest BCUT2D eigenvalue weighted by Gasteiger charge is -2.17. The molecule has 1 heterocycles. The molecule has 1 atom stereocenters. The number of hydrogen-bond acceptors (Lipinski definition) is 3. The second-order valence-electron chi connectivity index (χ2n) is 5.32. The van der Waals surface area contributed by atoms with Gasteiger partial charge in [-0.15, -0.1) is 0 Å². The lowest BCUT2D eigenvalue weighted by Crippen LogP contribution is -2.22. The molecule has 1 aromatic carbocycles.